The quantitative estimate of drug-likeness (QED) is 0.401. The molecule has 1 heterocycles. The summed E-state index contributed by atoms with van der Waals surface area (Å²) in [5.74, 6) is 0.237. The van der Waals surface area contributed by atoms with Crippen molar-refractivity contribution in [2.45, 2.75) is 19.0 Å². The number of hydrogen-bond acceptors (Lipinski definition) is 3. The molecule has 4 aromatic rings. The first kappa shape index (κ1) is 20.0. The van der Waals surface area contributed by atoms with Gasteiger partial charge in [0.05, 0.1) is 17.1 Å². The van der Waals surface area contributed by atoms with E-state index in [-0.39, 0.29) is 11.7 Å². The number of para-hydroxylation sites is 2. The normalized spacial score (nSPS) is 10.7. The Kier molecular flexibility index (Phi) is 6.00. The van der Waals surface area contributed by atoms with Crippen molar-refractivity contribution in [3.63, 3.8) is 0 Å². The zero-order valence-electron chi connectivity index (χ0n) is 17.0. The summed E-state index contributed by atoms with van der Waals surface area (Å²) in [7, 11) is 0. The summed E-state index contributed by atoms with van der Waals surface area (Å²) in [5.41, 5.74) is 6.05. The Bertz CT molecular complexity index is 1170. The lowest BCUT2D eigenvalue weighted by Gasteiger charge is -2.11. The summed E-state index contributed by atoms with van der Waals surface area (Å²) in [6, 6.07) is 26.1. The maximum Gasteiger partial charge on any atom is 0.234 e. The number of nitrogens with zero attached hydrogens (tertiary/aromatic N) is 2. The van der Waals surface area contributed by atoms with Gasteiger partial charge in [-0.3, -0.25) is 9.36 Å². The number of carbonyl (C=O) groups excluding carboxylic acids is 1. The molecule has 0 saturated carbocycles. The maximum absolute atomic E-state index is 12.6. The molecule has 30 heavy (non-hydrogen) atoms. The van der Waals surface area contributed by atoms with E-state index < -0.39 is 0 Å². The molecular weight excluding hydrogens is 390 g/mol. The number of aromatic nitrogens is 2. The molecule has 0 atom stereocenters. The van der Waals surface area contributed by atoms with Crippen LogP contribution >= 0.6 is 11.8 Å². The van der Waals surface area contributed by atoms with E-state index in [2.05, 4.69) is 28.9 Å². The van der Waals surface area contributed by atoms with Crippen LogP contribution in [0.4, 0.5) is 5.69 Å². The van der Waals surface area contributed by atoms with E-state index in [4.69, 9.17) is 4.98 Å². The molecule has 0 unspecified atom stereocenters. The van der Waals surface area contributed by atoms with Gasteiger partial charge in [0.15, 0.2) is 5.16 Å². The van der Waals surface area contributed by atoms with Crippen LogP contribution in [0.15, 0.2) is 90.2 Å². The van der Waals surface area contributed by atoms with Gasteiger partial charge in [-0.05, 0) is 37.1 Å². The minimum atomic E-state index is -0.0464. The number of anilines is 1. The van der Waals surface area contributed by atoms with Crippen LogP contribution in [-0.2, 0) is 4.79 Å². The van der Waals surface area contributed by atoms with Crippen molar-refractivity contribution in [3.05, 3.63) is 96.2 Å². The first-order valence-corrected chi connectivity index (χ1v) is 10.8. The molecule has 4 rings (SSSR count). The number of amides is 1. The molecule has 1 N–H and O–H groups in total. The number of nitrogens with one attached hydrogen (secondary N) is 1. The third-order valence-corrected chi connectivity index (χ3v) is 5.82. The number of hydrogen-bond donors (Lipinski definition) is 1. The summed E-state index contributed by atoms with van der Waals surface area (Å²) in [6.45, 7) is 4.07. The lowest BCUT2D eigenvalue weighted by molar-refractivity contribution is -0.113. The number of thioether (sulfide) groups is 1. The molecule has 0 aliphatic carbocycles. The van der Waals surface area contributed by atoms with Gasteiger partial charge >= 0.3 is 0 Å². The first-order valence-electron chi connectivity index (χ1n) is 9.81. The van der Waals surface area contributed by atoms with Gasteiger partial charge in [0.1, 0.15) is 0 Å². The van der Waals surface area contributed by atoms with E-state index in [0.717, 1.165) is 38.9 Å². The van der Waals surface area contributed by atoms with Crippen molar-refractivity contribution in [3.8, 4) is 16.9 Å². The second-order valence-electron chi connectivity index (χ2n) is 7.08. The predicted molar refractivity (Wildman–Crippen MR) is 124 cm³/mol. The Hall–Kier alpha value is -3.31. The molecule has 0 saturated heterocycles. The molecule has 0 spiro atoms. The van der Waals surface area contributed by atoms with Crippen LogP contribution in [0.25, 0.3) is 16.9 Å². The number of aryl methyl sites for hydroxylation is 2. The van der Waals surface area contributed by atoms with E-state index in [9.17, 15) is 4.79 Å². The average Bonchev–Trinajstić information content (AvgIpc) is 3.19. The molecule has 0 fully saturated rings. The van der Waals surface area contributed by atoms with Crippen LogP contribution in [0.5, 0.6) is 0 Å². The van der Waals surface area contributed by atoms with Crippen molar-refractivity contribution in [2.75, 3.05) is 11.1 Å². The molecular formula is C25H23N3OS. The number of rotatable bonds is 6. The Morgan fingerprint density at radius 2 is 1.57 bits per heavy atom. The smallest absolute Gasteiger partial charge is 0.234 e. The van der Waals surface area contributed by atoms with Crippen molar-refractivity contribution in [2.24, 2.45) is 0 Å². The highest BCUT2D eigenvalue weighted by Gasteiger charge is 2.15. The molecule has 0 aliphatic rings. The van der Waals surface area contributed by atoms with Crippen LogP contribution in [0.2, 0.25) is 0 Å². The van der Waals surface area contributed by atoms with E-state index in [1.165, 1.54) is 11.8 Å². The van der Waals surface area contributed by atoms with E-state index in [1.807, 2.05) is 79.9 Å². The van der Waals surface area contributed by atoms with Gasteiger partial charge in [-0.15, -0.1) is 0 Å². The minimum absolute atomic E-state index is 0.0464. The highest BCUT2D eigenvalue weighted by molar-refractivity contribution is 7.99. The second-order valence-corrected chi connectivity index (χ2v) is 8.03. The van der Waals surface area contributed by atoms with Gasteiger partial charge in [-0.25, -0.2) is 4.98 Å². The number of imidazole rings is 1. The van der Waals surface area contributed by atoms with Crippen LogP contribution in [0.1, 0.15) is 11.1 Å². The molecule has 4 nitrogen and oxygen atoms in total. The van der Waals surface area contributed by atoms with Gasteiger partial charge in [-0.1, -0.05) is 78.5 Å². The number of benzene rings is 3. The fraction of sp³-hybridized carbons (Fsp3) is 0.120. The monoisotopic (exact) mass is 413 g/mol. The molecule has 1 amide bonds. The summed E-state index contributed by atoms with van der Waals surface area (Å²) in [5, 5.41) is 3.79. The highest BCUT2D eigenvalue weighted by Crippen LogP contribution is 2.28. The second kappa shape index (κ2) is 9.01. The van der Waals surface area contributed by atoms with Crippen LogP contribution < -0.4 is 5.32 Å². The lowest BCUT2D eigenvalue weighted by Crippen LogP contribution is -2.15. The Labute approximate surface area is 181 Å². The summed E-state index contributed by atoms with van der Waals surface area (Å²) in [4.78, 5) is 17.4. The zero-order valence-corrected chi connectivity index (χ0v) is 17.8. The molecule has 0 radical (unpaired) electrons. The standard InChI is InChI=1S/C25H23N3OS/c1-18-10-6-8-14-21(18)26-24(29)17-30-25-27-22(20-12-4-3-5-13-20)16-28(25)23-15-9-7-11-19(23)2/h3-16H,17H2,1-2H3,(H,26,29). The maximum atomic E-state index is 12.6. The van der Waals surface area contributed by atoms with Crippen LogP contribution in [-0.4, -0.2) is 21.2 Å². The summed E-state index contributed by atoms with van der Waals surface area (Å²) < 4.78 is 2.07. The van der Waals surface area contributed by atoms with Gasteiger partial charge in [0.25, 0.3) is 0 Å². The van der Waals surface area contributed by atoms with Crippen molar-refractivity contribution < 1.29 is 4.79 Å². The summed E-state index contributed by atoms with van der Waals surface area (Å²) in [6.07, 6.45) is 2.04. The predicted octanol–water partition coefficient (Wildman–Crippen LogP) is 5.89. The van der Waals surface area contributed by atoms with E-state index >= 15 is 0 Å². The van der Waals surface area contributed by atoms with Gasteiger partial charge in [-0.2, -0.15) is 0 Å². The molecule has 3 aromatic carbocycles. The number of carbonyl (C=O) groups is 1. The molecule has 0 bridgehead atoms. The molecule has 150 valence electrons. The van der Waals surface area contributed by atoms with Crippen molar-refractivity contribution in [1.29, 1.82) is 0 Å². The lowest BCUT2D eigenvalue weighted by atomic mass is 10.2. The third kappa shape index (κ3) is 4.47. The molecule has 5 heteroatoms. The largest absolute Gasteiger partial charge is 0.325 e. The molecule has 1 aromatic heterocycles. The van der Waals surface area contributed by atoms with Crippen molar-refractivity contribution in [1.82, 2.24) is 9.55 Å². The van der Waals surface area contributed by atoms with E-state index in [1.54, 1.807) is 0 Å². The third-order valence-electron chi connectivity index (χ3n) is 4.87. The zero-order chi connectivity index (χ0) is 20.9. The summed E-state index contributed by atoms with van der Waals surface area (Å²) >= 11 is 1.44. The van der Waals surface area contributed by atoms with E-state index in [0.29, 0.717) is 0 Å². The van der Waals surface area contributed by atoms with Crippen LogP contribution in [0.3, 0.4) is 0 Å². The average molecular weight is 414 g/mol. The van der Waals surface area contributed by atoms with Crippen LogP contribution in [0, 0.1) is 13.8 Å². The Balaban J connectivity index is 1.60. The van der Waals surface area contributed by atoms with Gasteiger partial charge in [0.2, 0.25) is 5.91 Å². The minimum Gasteiger partial charge on any atom is -0.325 e. The fourth-order valence-electron chi connectivity index (χ4n) is 3.25. The van der Waals surface area contributed by atoms with Gasteiger partial charge in [0, 0.05) is 17.4 Å². The fourth-order valence-corrected chi connectivity index (χ4v) is 4.03. The van der Waals surface area contributed by atoms with Crippen molar-refractivity contribution >= 4 is 23.4 Å². The topological polar surface area (TPSA) is 46.9 Å². The SMILES string of the molecule is Cc1ccccc1NC(=O)CSc1nc(-c2ccccc2)cn1-c1ccccc1C. The van der Waals surface area contributed by atoms with Gasteiger partial charge < -0.3 is 5.32 Å². The Morgan fingerprint density at radius 3 is 2.30 bits per heavy atom. The first-order chi connectivity index (χ1) is 14.6. The Morgan fingerprint density at radius 1 is 0.900 bits per heavy atom. The highest BCUT2D eigenvalue weighted by atomic mass is 32.2. The molecule has 0 aliphatic heterocycles.